The van der Waals surface area contributed by atoms with Crippen molar-refractivity contribution in [1.82, 2.24) is 9.80 Å². The van der Waals surface area contributed by atoms with E-state index in [1.165, 1.54) is 12.8 Å². The lowest BCUT2D eigenvalue weighted by atomic mass is 10.1. The minimum Gasteiger partial charge on any atom is -0.333 e. The molecular formula is C21H28N4O2. The van der Waals surface area contributed by atoms with Crippen molar-refractivity contribution < 1.29 is 9.59 Å². The Morgan fingerprint density at radius 3 is 2.52 bits per heavy atom. The zero-order valence-corrected chi connectivity index (χ0v) is 16.0. The van der Waals surface area contributed by atoms with Crippen molar-refractivity contribution in [2.45, 2.75) is 51.1 Å². The molecule has 3 aliphatic rings. The van der Waals surface area contributed by atoms with Gasteiger partial charge in [-0.15, -0.1) is 0 Å². The van der Waals surface area contributed by atoms with Crippen LogP contribution in [0.1, 0.15) is 39.0 Å². The van der Waals surface area contributed by atoms with Crippen LogP contribution < -0.4 is 5.01 Å². The standard InChI is InChI=1S/C21H28N4O2/c1-16(26)20-14-19(22-25(20)17-8-3-2-4-9-17)21(27)24-13-7-10-18(24)15-23-11-5-6-12-23/h2-4,8-9,18,20H,5-7,10-15H2,1H3. The maximum atomic E-state index is 13.2. The van der Waals surface area contributed by atoms with Crippen molar-refractivity contribution >= 4 is 23.1 Å². The molecule has 2 fully saturated rings. The van der Waals surface area contributed by atoms with Crippen molar-refractivity contribution in [3.05, 3.63) is 30.3 Å². The second-order valence-corrected chi connectivity index (χ2v) is 7.86. The largest absolute Gasteiger partial charge is 0.333 e. The number of benzene rings is 1. The molecule has 6 nitrogen and oxygen atoms in total. The lowest BCUT2D eigenvalue weighted by Crippen LogP contribution is -2.45. The molecule has 1 aromatic carbocycles. The molecule has 0 spiro atoms. The molecule has 4 rings (SSSR count). The fourth-order valence-corrected chi connectivity index (χ4v) is 4.50. The van der Waals surface area contributed by atoms with E-state index in [0.29, 0.717) is 12.1 Å². The van der Waals surface area contributed by atoms with Crippen LogP contribution in [0.5, 0.6) is 0 Å². The molecule has 144 valence electrons. The summed E-state index contributed by atoms with van der Waals surface area (Å²) in [4.78, 5) is 29.9. The molecule has 2 atom stereocenters. The summed E-state index contributed by atoms with van der Waals surface area (Å²) in [7, 11) is 0. The molecule has 2 unspecified atom stereocenters. The van der Waals surface area contributed by atoms with Gasteiger partial charge in [-0.2, -0.15) is 5.10 Å². The summed E-state index contributed by atoms with van der Waals surface area (Å²) in [5, 5.41) is 6.32. The second-order valence-electron chi connectivity index (χ2n) is 7.86. The summed E-state index contributed by atoms with van der Waals surface area (Å²) >= 11 is 0. The van der Waals surface area contributed by atoms with E-state index < -0.39 is 0 Å². The molecule has 3 heterocycles. The van der Waals surface area contributed by atoms with Crippen molar-refractivity contribution in [2.75, 3.05) is 31.2 Å². The zero-order valence-electron chi connectivity index (χ0n) is 16.0. The summed E-state index contributed by atoms with van der Waals surface area (Å²) in [6.45, 7) is 5.64. The average Bonchev–Trinajstić information content (AvgIpc) is 3.43. The molecular weight excluding hydrogens is 340 g/mol. The number of para-hydroxylation sites is 1. The molecule has 1 aromatic rings. The molecule has 0 saturated carbocycles. The smallest absolute Gasteiger partial charge is 0.270 e. The average molecular weight is 368 g/mol. The maximum Gasteiger partial charge on any atom is 0.270 e. The van der Waals surface area contributed by atoms with E-state index >= 15 is 0 Å². The molecule has 0 N–H and O–H groups in total. The summed E-state index contributed by atoms with van der Waals surface area (Å²) in [6, 6.07) is 9.54. The first-order valence-electron chi connectivity index (χ1n) is 10.1. The van der Waals surface area contributed by atoms with E-state index in [1.54, 1.807) is 11.9 Å². The number of Topliss-reactive ketones (excluding diaryl/α,β-unsaturated/α-hetero) is 1. The van der Waals surface area contributed by atoms with Gasteiger partial charge in [-0.05, 0) is 57.8 Å². The van der Waals surface area contributed by atoms with Crippen LogP contribution in [0.25, 0.3) is 0 Å². The van der Waals surface area contributed by atoms with Crippen LogP contribution in [0.3, 0.4) is 0 Å². The molecule has 1 amide bonds. The van der Waals surface area contributed by atoms with Crippen LogP contribution in [0.15, 0.2) is 35.4 Å². The monoisotopic (exact) mass is 368 g/mol. The Bertz CT molecular complexity index is 727. The number of rotatable bonds is 5. The van der Waals surface area contributed by atoms with Gasteiger partial charge in [0.25, 0.3) is 5.91 Å². The SMILES string of the molecule is CC(=O)C1CC(C(=O)N2CCCC2CN2CCCC2)=NN1c1ccccc1. The number of likely N-dealkylation sites (tertiary alicyclic amines) is 2. The fourth-order valence-electron chi connectivity index (χ4n) is 4.50. The van der Waals surface area contributed by atoms with E-state index in [4.69, 9.17) is 0 Å². The predicted molar refractivity (Wildman–Crippen MR) is 106 cm³/mol. The highest BCUT2D eigenvalue weighted by Crippen LogP contribution is 2.27. The minimum atomic E-state index is -0.383. The number of anilines is 1. The Kier molecular flexibility index (Phi) is 5.25. The molecule has 2 saturated heterocycles. The summed E-state index contributed by atoms with van der Waals surface area (Å²) in [5.41, 5.74) is 1.38. The van der Waals surface area contributed by atoms with Crippen LogP contribution in [0.2, 0.25) is 0 Å². The van der Waals surface area contributed by atoms with E-state index in [1.807, 2.05) is 35.2 Å². The number of carbonyl (C=O) groups excluding carboxylic acids is 2. The van der Waals surface area contributed by atoms with Gasteiger partial charge in [-0.3, -0.25) is 14.6 Å². The van der Waals surface area contributed by atoms with Crippen molar-refractivity contribution in [1.29, 1.82) is 0 Å². The highest BCUT2D eigenvalue weighted by Gasteiger charge is 2.39. The molecule has 3 aliphatic heterocycles. The summed E-state index contributed by atoms with van der Waals surface area (Å²) in [6.07, 6.45) is 5.04. The second kappa shape index (κ2) is 7.80. The van der Waals surface area contributed by atoms with E-state index in [0.717, 1.165) is 44.7 Å². The predicted octanol–water partition coefficient (Wildman–Crippen LogP) is 2.30. The van der Waals surface area contributed by atoms with Gasteiger partial charge in [0.1, 0.15) is 11.8 Å². The Hall–Kier alpha value is -2.21. The van der Waals surface area contributed by atoms with Crippen LogP contribution >= 0.6 is 0 Å². The highest BCUT2D eigenvalue weighted by molar-refractivity contribution is 6.40. The first kappa shape index (κ1) is 18.2. The quantitative estimate of drug-likeness (QED) is 0.800. The van der Waals surface area contributed by atoms with Gasteiger partial charge in [0, 0.05) is 25.6 Å². The van der Waals surface area contributed by atoms with Crippen molar-refractivity contribution in [3.63, 3.8) is 0 Å². The molecule has 6 heteroatoms. The number of hydrogen-bond acceptors (Lipinski definition) is 5. The van der Waals surface area contributed by atoms with Gasteiger partial charge in [0.05, 0.1) is 5.69 Å². The zero-order chi connectivity index (χ0) is 18.8. The highest BCUT2D eigenvalue weighted by atomic mass is 16.2. The molecule has 0 radical (unpaired) electrons. The van der Waals surface area contributed by atoms with Gasteiger partial charge < -0.3 is 9.80 Å². The third-order valence-electron chi connectivity index (χ3n) is 5.95. The molecule has 0 aromatic heterocycles. The Morgan fingerprint density at radius 1 is 1.07 bits per heavy atom. The fraction of sp³-hybridized carbons (Fsp3) is 0.571. The van der Waals surface area contributed by atoms with Crippen LogP contribution in [0, 0.1) is 0 Å². The lowest BCUT2D eigenvalue weighted by Gasteiger charge is -2.28. The number of nitrogens with zero attached hydrogens (tertiary/aromatic N) is 4. The van der Waals surface area contributed by atoms with Crippen LogP contribution in [-0.4, -0.2) is 65.5 Å². The third kappa shape index (κ3) is 3.76. The van der Waals surface area contributed by atoms with E-state index in [2.05, 4.69) is 10.0 Å². The summed E-state index contributed by atoms with van der Waals surface area (Å²) < 4.78 is 0. The number of hydrazone groups is 1. The number of hydrogen-bond donors (Lipinski definition) is 0. The van der Waals surface area contributed by atoms with Gasteiger partial charge in [-0.1, -0.05) is 18.2 Å². The number of amides is 1. The van der Waals surface area contributed by atoms with Crippen molar-refractivity contribution in [3.8, 4) is 0 Å². The van der Waals surface area contributed by atoms with E-state index in [9.17, 15) is 9.59 Å². The Morgan fingerprint density at radius 2 is 1.81 bits per heavy atom. The van der Waals surface area contributed by atoms with Gasteiger partial charge in [0.2, 0.25) is 0 Å². The number of ketones is 1. The van der Waals surface area contributed by atoms with Crippen LogP contribution in [-0.2, 0) is 9.59 Å². The third-order valence-corrected chi connectivity index (χ3v) is 5.95. The normalized spacial score (nSPS) is 25.9. The minimum absolute atomic E-state index is 0.0152. The van der Waals surface area contributed by atoms with E-state index in [-0.39, 0.29) is 23.8 Å². The first-order valence-corrected chi connectivity index (χ1v) is 10.1. The van der Waals surface area contributed by atoms with Gasteiger partial charge >= 0.3 is 0 Å². The molecule has 27 heavy (non-hydrogen) atoms. The summed E-state index contributed by atoms with van der Waals surface area (Å²) in [5.74, 6) is 0.0572. The van der Waals surface area contributed by atoms with Crippen LogP contribution in [0.4, 0.5) is 5.69 Å². The number of carbonyl (C=O) groups is 2. The van der Waals surface area contributed by atoms with Crippen molar-refractivity contribution in [2.24, 2.45) is 5.10 Å². The first-order chi connectivity index (χ1) is 13.1. The molecule has 0 aliphatic carbocycles. The Labute approximate surface area is 160 Å². The lowest BCUT2D eigenvalue weighted by molar-refractivity contribution is -0.125. The maximum absolute atomic E-state index is 13.2. The molecule has 0 bridgehead atoms. The topological polar surface area (TPSA) is 56.2 Å². The Balaban J connectivity index is 1.51. The van der Waals surface area contributed by atoms with Gasteiger partial charge in [0.15, 0.2) is 5.78 Å². The van der Waals surface area contributed by atoms with Gasteiger partial charge in [-0.25, -0.2) is 0 Å².